The number of esters is 1. The standard InChI is InChI=1S/C17H25NO4/c1-11(9-15(17(20)21-5)18-14(4)19)10-22-16-12(2)7-6-8-13(16)3/h6-8,11,15H,9-10H2,1-5H3,(H,18,19). The van der Waals surface area contributed by atoms with Crippen molar-refractivity contribution in [1.82, 2.24) is 5.32 Å². The van der Waals surface area contributed by atoms with Gasteiger partial charge in [-0.1, -0.05) is 25.1 Å². The quantitative estimate of drug-likeness (QED) is 0.786. The maximum absolute atomic E-state index is 11.7. The molecule has 2 unspecified atom stereocenters. The van der Waals surface area contributed by atoms with E-state index in [0.717, 1.165) is 16.9 Å². The number of hydrogen-bond donors (Lipinski definition) is 1. The van der Waals surface area contributed by atoms with Gasteiger partial charge in [-0.25, -0.2) is 4.79 Å². The van der Waals surface area contributed by atoms with Gasteiger partial charge in [0.1, 0.15) is 11.8 Å². The van der Waals surface area contributed by atoms with E-state index in [1.165, 1.54) is 14.0 Å². The lowest BCUT2D eigenvalue weighted by atomic mass is 10.0. The van der Waals surface area contributed by atoms with Crippen LogP contribution in [0.4, 0.5) is 0 Å². The van der Waals surface area contributed by atoms with Crippen LogP contribution in [0.25, 0.3) is 0 Å². The zero-order chi connectivity index (χ0) is 16.7. The summed E-state index contributed by atoms with van der Waals surface area (Å²) in [5.41, 5.74) is 2.16. The summed E-state index contributed by atoms with van der Waals surface area (Å²) in [5, 5.41) is 2.61. The van der Waals surface area contributed by atoms with E-state index in [4.69, 9.17) is 9.47 Å². The molecule has 1 rings (SSSR count). The Labute approximate surface area is 132 Å². The van der Waals surface area contributed by atoms with E-state index >= 15 is 0 Å². The fourth-order valence-corrected chi connectivity index (χ4v) is 2.32. The van der Waals surface area contributed by atoms with E-state index in [1.807, 2.05) is 39.0 Å². The summed E-state index contributed by atoms with van der Waals surface area (Å²) in [4.78, 5) is 22.9. The molecule has 5 nitrogen and oxygen atoms in total. The van der Waals surface area contributed by atoms with Crippen molar-refractivity contribution in [3.63, 3.8) is 0 Å². The number of ether oxygens (including phenoxy) is 2. The van der Waals surface area contributed by atoms with E-state index < -0.39 is 12.0 Å². The number of methoxy groups -OCH3 is 1. The molecule has 0 spiro atoms. The maximum atomic E-state index is 11.7. The molecule has 1 aromatic carbocycles. The second-order valence-corrected chi connectivity index (χ2v) is 5.65. The van der Waals surface area contributed by atoms with Gasteiger partial charge in [-0.3, -0.25) is 4.79 Å². The first kappa shape index (κ1) is 18.0. The lowest BCUT2D eigenvalue weighted by Crippen LogP contribution is -2.42. The van der Waals surface area contributed by atoms with Crippen LogP contribution in [0.5, 0.6) is 5.75 Å². The molecule has 0 saturated carbocycles. The van der Waals surface area contributed by atoms with Gasteiger partial charge in [-0.05, 0) is 37.3 Å². The molecule has 22 heavy (non-hydrogen) atoms. The van der Waals surface area contributed by atoms with Crippen molar-refractivity contribution >= 4 is 11.9 Å². The number of amides is 1. The molecule has 0 aliphatic carbocycles. The van der Waals surface area contributed by atoms with Crippen LogP contribution in [0.15, 0.2) is 18.2 Å². The highest BCUT2D eigenvalue weighted by atomic mass is 16.5. The summed E-state index contributed by atoms with van der Waals surface area (Å²) in [6.07, 6.45) is 0.469. The number of aryl methyl sites for hydroxylation is 2. The SMILES string of the molecule is COC(=O)C(CC(C)COc1c(C)cccc1C)NC(C)=O. The van der Waals surface area contributed by atoms with Crippen LogP contribution < -0.4 is 10.1 Å². The number of carbonyl (C=O) groups excluding carboxylic acids is 2. The maximum Gasteiger partial charge on any atom is 0.328 e. The molecule has 1 amide bonds. The van der Waals surface area contributed by atoms with Crippen molar-refractivity contribution in [2.75, 3.05) is 13.7 Å². The van der Waals surface area contributed by atoms with Gasteiger partial charge >= 0.3 is 5.97 Å². The fraction of sp³-hybridized carbons (Fsp3) is 0.529. The van der Waals surface area contributed by atoms with Crippen LogP contribution in [-0.2, 0) is 14.3 Å². The third-order valence-corrected chi connectivity index (χ3v) is 3.42. The average Bonchev–Trinajstić information content (AvgIpc) is 2.44. The number of para-hydroxylation sites is 1. The predicted octanol–water partition coefficient (Wildman–Crippen LogP) is 2.39. The molecular weight excluding hydrogens is 282 g/mol. The molecule has 0 aliphatic rings. The van der Waals surface area contributed by atoms with Crippen LogP contribution in [0.3, 0.4) is 0 Å². The van der Waals surface area contributed by atoms with Gasteiger partial charge in [-0.15, -0.1) is 0 Å². The molecule has 0 bridgehead atoms. The highest BCUT2D eigenvalue weighted by Crippen LogP contribution is 2.23. The van der Waals surface area contributed by atoms with Gasteiger partial charge in [0.15, 0.2) is 0 Å². The van der Waals surface area contributed by atoms with Crippen molar-refractivity contribution in [3.8, 4) is 5.75 Å². The van der Waals surface area contributed by atoms with Crippen molar-refractivity contribution < 1.29 is 19.1 Å². The van der Waals surface area contributed by atoms with Gasteiger partial charge in [0.2, 0.25) is 5.91 Å². The molecule has 0 saturated heterocycles. The molecule has 122 valence electrons. The summed E-state index contributed by atoms with van der Waals surface area (Å²) in [5.74, 6) is 0.283. The zero-order valence-electron chi connectivity index (χ0n) is 13.9. The number of nitrogens with one attached hydrogen (secondary N) is 1. The number of rotatable bonds is 7. The number of hydrogen-bond acceptors (Lipinski definition) is 4. The lowest BCUT2D eigenvalue weighted by molar-refractivity contribution is -0.145. The van der Waals surface area contributed by atoms with Gasteiger partial charge in [-0.2, -0.15) is 0 Å². The Morgan fingerprint density at radius 3 is 2.32 bits per heavy atom. The minimum atomic E-state index is -0.640. The third kappa shape index (κ3) is 5.39. The summed E-state index contributed by atoms with van der Waals surface area (Å²) < 4.78 is 10.6. The highest BCUT2D eigenvalue weighted by molar-refractivity contribution is 5.83. The predicted molar refractivity (Wildman–Crippen MR) is 84.8 cm³/mol. The molecular formula is C17H25NO4. The monoisotopic (exact) mass is 307 g/mol. The summed E-state index contributed by atoms with van der Waals surface area (Å²) >= 11 is 0. The largest absolute Gasteiger partial charge is 0.493 e. The van der Waals surface area contributed by atoms with Crippen LogP contribution in [0.2, 0.25) is 0 Å². The molecule has 0 radical (unpaired) electrons. The first-order chi connectivity index (χ1) is 10.3. The zero-order valence-corrected chi connectivity index (χ0v) is 13.9. The van der Waals surface area contributed by atoms with Crippen LogP contribution in [-0.4, -0.2) is 31.6 Å². The van der Waals surface area contributed by atoms with Gasteiger partial charge in [0.05, 0.1) is 13.7 Å². The molecule has 0 fully saturated rings. The van der Waals surface area contributed by atoms with Crippen molar-refractivity contribution in [2.24, 2.45) is 5.92 Å². The van der Waals surface area contributed by atoms with Crippen LogP contribution in [0.1, 0.15) is 31.4 Å². The first-order valence-electron chi connectivity index (χ1n) is 7.39. The van der Waals surface area contributed by atoms with E-state index in [0.29, 0.717) is 13.0 Å². The Morgan fingerprint density at radius 2 is 1.82 bits per heavy atom. The Morgan fingerprint density at radius 1 is 1.23 bits per heavy atom. The Hall–Kier alpha value is -2.04. The fourth-order valence-electron chi connectivity index (χ4n) is 2.32. The smallest absolute Gasteiger partial charge is 0.328 e. The van der Waals surface area contributed by atoms with E-state index in [1.54, 1.807) is 0 Å². The Kier molecular flexibility index (Phi) is 6.89. The first-order valence-corrected chi connectivity index (χ1v) is 7.39. The molecule has 5 heteroatoms. The van der Waals surface area contributed by atoms with E-state index in [2.05, 4.69) is 5.32 Å². The Balaban J connectivity index is 2.62. The minimum Gasteiger partial charge on any atom is -0.493 e. The topological polar surface area (TPSA) is 64.6 Å². The molecule has 0 heterocycles. The van der Waals surface area contributed by atoms with Gasteiger partial charge in [0.25, 0.3) is 0 Å². The summed E-state index contributed by atoms with van der Waals surface area (Å²) in [6.45, 7) is 7.83. The van der Waals surface area contributed by atoms with Crippen molar-refractivity contribution in [2.45, 2.75) is 40.2 Å². The van der Waals surface area contributed by atoms with Crippen molar-refractivity contribution in [3.05, 3.63) is 29.3 Å². The second-order valence-electron chi connectivity index (χ2n) is 5.65. The molecule has 0 aromatic heterocycles. The lowest BCUT2D eigenvalue weighted by Gasteiger charge is -2.21. The third-order valence-electron chi connectivity index (χ3n) is 3.42. The molecule has 0 aliphatic heterocycles. The normalized spacial score (nSPS) is 13.1. The average molecular weight is 307 g/mol. The molecule has 1 aromatic rings. The Bertz CT molecular complexity index is 507. The van der Waals surface area contributed by atoms with Gasteiger partial charge < -0.3 is 14.8 Å². The molecule has 2 atom stereocenters. The van der Waals surface area contributed by atoms with E-state index in [-0.39, 0.29) is 11.8 Å². The summed E-state index contributed by atoms with van der Waals surface area (Å²) in [6, 6.07) is 5.35. The van der Waals surface area contributed by atoms with Crippen molar-refractivity contribution in [1.29, 1.82) is 0 Å². The number of carbonyl (C=O) groups is 2. The summed E-state index contributed by atoms with van der Waals surface area (Å²) in [7, 11) is 1.31. The number of benzene rings is 1. The minimum absolute atomic E-state index is 0.0926. The van der Waals surface area contributed by atoms with E-state index in [9.17, 15) is 9.59 Å². The molecule has 1 N–H and O–H groups in total. The van der Waals surface area contributed by atoms with Gasteiger partial charge in [0, 0.05) is 6.92 Å². The second kappa shape index (κ2) is 8.41. The highest BCUT2D eigenvalue weighted by Gasteiger charge is 2.23. The van der Waals surface area contributed by atoms with Crippen LogP contribution in [0, 0.1) is 19.8 Å². The van der Waals surface area contributed by atoms with Crippen LogP contribution >= 0.6 is 0 Å².